The van der Waals surface area contributed by atoms with Crippen molar-refractivity contribution in [2.45, 2.75) is 13.5 Å². The number of hydrogen-bond acceptors (Lipinski definition) is 6. The Kier molecular flexibility index (Phi) is 8.19. The number of carboxylic acid groups (broad SMARTS) is 1. The molecular formula is C27H19Cl2N3O4S. The van der Waals surface area contributed by atoms with Gasteiger partial charge < -0.3 is 9.84 Å². The van der Waals surface area contributed by atoms with Crippen molar-refractivity contribution >= 4 is 63.8 Å². The third kappa shape index (κ3) is 5.97. The zero-order chi connectivity index (χ0) is 26.5. The molecule has 0 aliphatic carbocycles. The van der Waals surface area contributed by atoms with Gasteiger partial charge in [-0.2, -0.15) is 5.26 Å². The minimum atomic E-state index is -1.06. The SMILES string of the molecule is CCN1C(=O)C(=Cc2cc(Cl)c(OCc3ccccc3C#N)c(Cl)c2)SC1=Nc1cccc(C(=O)O)c1. The maximum Gasteiger partial charge on any atom is 0.335 e. The van der Waals surface area contributed by atoms with Crippen molar-refractivity contribution in [1.82, 2.24) is 4.90 Å². The van der Waals surface area contributed by atoms with Crippen LogP contribution in [0.15, 0.2) is 70.6 Å². The molecule has 1 heterocycles. The molecule has 0 aromatic heterocycles. The van der Waals surface area contributed by atoms with Crippen molar-refractivity contribution in [3.05, 3.63) is 97.9 Å². The molecule has 1 N–H and O–H groups in total. The molecule has 1 amide bonds. The highest BCUT2D eigenvalue weighted by atomic mass is 35.5. The summed E-state index contributed by atoms with van der Waals surface area (Å²) in [5, 5.41) is 19.4. The molecule has 0 radical (unpaired) electrons. The summed E-state index contributed by atoms with van der Waals surface area (Å²) in [4.78, 5) is 30.7. The van der Waals surface area contributed by atoms with Crippen LogP contribution in [0.3, 0.4) is 0 Å². The number of rotatable bonds is 7. The Morgan fingerprint density at radius 3 is 2.57 bits per heavy atom. The van der Waals surface area contributed by atoms with E-state index in [-0.39, 0.29) is 33.9 Å². The number of hydrogen-bond donors (Lipinski definition) is 1. The maximum atomic E-state index is 13.0. The third-order valence-electron chi connectivity index (χ3n) is 5.35. The maximum absolute atomic E-state index is 13.0. The Bertz CT molecular complexity index is 1470. The summed E-state index contributed by atoms with van der Waals surface area (Å²) in [5.41, 5.74) is 2.34. The summed E-state index contributed by atoms with van der Waals surface area (Å²) < 4.78 is 5.81. The number of ether oxygens (including phenoxy) is 1. The van der Waals surface area contributed by atoms with E-state index in [1.54, 1.807) is 48.5 Å². The van der Waals surface area contributed by atoms with Crippen molar-refractivity contribution < 1.29 is 19.4 Å². The number of nitriles is 1. The van der Waals surface area contributed by atoms with Gasteiger partial charge in [-0.15, -0.1) is 0 Å². The number of amidine groups is 1. The quantitative estimate of drug-likeness (QED) is 0.325. The van der Waals surface area contributed by atoms with E-state index >= 15 is 0 Å². The molecule has 7 nitrogen and oxygen atoms in total. The van der Waals surface area contributed by atoms with Crippen LogP contribution in [0.2, 0.25) is 10.0 Å². The second-order valence-electron chi connectivity index (χ2n) is 7.78. The van der Waals surface area contributed by atoms with Crippen LogP contribution in [0.4, 0.5) is 5.69 Å². The number of benzene rings is 3. The van der Waals surface area contributed by atoms with E-state index in [2.05, 4.69) is 11.1 Å². The summed E-state index contributed by atoms with van der Waals surface area (Å²) in [6.45, 7) is 2.33. The van der Waals surface area contributed by atoms with Crippen LogP contribution in [-0.4, -0.2) is 33.6 Å². The smallest absolute Gasteiger partial charge is 0.335 e. The van der Waals surface area contributed by atoms with E-state index in [4.69, 9.17) is 27.9 Å². The predicted octanol–water partition coefficient (Wildman–Crippen LogP) is 6.77. The lowest BCUT2D eigenvalue weighted by Crippen LogP contribution is -2.28. The Balaban J connectivity index is 1.58. The average Bonchev–Trinajstić information content (AvgIpc) is 3.17. The number of halogens is 2. The number of nitrogens with zero attached hydrogens (tertiary/aromatic N) is 3. The molecule has 1 saturated heterocycles. The van der Waals surface area contributed by atoms with Crippen molar-refractivity contribution in [1.29, 1.82) is 5.26 Å². The zero-order valence-electron chi connectivity index (χ0n) is 19.4. The van der Waals surface area contributed by atoms with Gasteiger partial charge in [-0.25, -0.2) is 9.79 Å². The molecular weight excluding hydrogens is 533 g/mol. The second-order valence-corrected chi connectivity index (χ2v) is 9.60. The van der Waals surface area contributed by atoms with E-state index in [9.17, 15) is 20.0 Å². The summed E-state index contributed by atoms with van der Waals surface area (Å²) in [6.07, 6.45) is 1.67. The van der Waals surface area contributed by atoms with E-state index in [0.717, 1.165) is 0 Å². The molecule has 1 fully saturated rings. The van der Waals surface area contributed by atoms with Crippen molar-refractivity contribution in [2.24, 2.45) is 4.99 Å². The summed E-state index contributed by atoms with van der Waals surface area (Å²) in [6, 6.07) is 18.7. The number of carbonyl (C=O) groups excluding carboxylic acids is 1. The standard InChI is InChI=1S/C27H19Cl2N3O4S/c1-2-32-25(33)23(37-27(32)31-20-9-5-8-17(13-20)26(34)35)12-16-10-21(28)24(22(29)11-16)36-15-19-7-4-3-6-18(19)14-30/h3-13H,2,15H2,1H3,(H,34,35). The van der Waals surface area contributed by atoms with Crippen molar-refractivity contribution in [2.75, 3.05) is 6.54 Å². The van der Waals surface area contributed by atoms with Gasteiger partial charge in [0.25, 0.3) is 5.91 Å². The van der Waals surface area contributed by atoms with Crippen LogP contribution in [0, 0.1) is 11.3 Å². The minimum absolute atomic E-state index is 0.109. The van der Waals surface area contributed by atoms with Gasteiger partial charge in [0.15, 0.2) is 10.9 Å². The fourth-order valence-electron chi connectivity index (χ4n) is 3.55. The predicted molar refractivity (Wildman–Crippen MR) is 145 cm³/mol. The Labute approximate surface area is 227 Å². The fourth-order valence-corrected chi connectivity index (χ4v) is 5.22. The molecule has 0 atom stereocenters. The first-order valence-corrected chi connectivity index (χ1v) is 12.6. The van der Waals surface area contributed by atoms with Gasteiger partial charge in [-0.3, -0.25) is 9.69 Å². The molecule has 0 spiro atoms. The summed E-state index contributed by atoms with van der Waals surface area (Å²) in [5.74, 6) is -1.01. The number of carboxylic acids is 1. The fraction of sp³-hybridized carbons (Fsp3) is 0.111. The topological polar surface area (TPSA) is 103 Å². The van der Waals surface area contributed by atoms with Crippen LogP contribution >= 0.6 is 35.0 Å². The molecule has 3 aromatic rings. The van der Waals surface area contributed by atoms with Gasteiger partial charge in [0, 0.05) is 12.1 Å². The molecule has 0 saturated carbocycles. The monoisotopic (exact) mass is 551 g/mol. The van der Waals surface area contributed by atoms with Gasteiger partial charge in [0.2, 0.25) is 0 Å². The first kappa shape index (κ1) is 26.3. The van der Waals surface area contributed by atoms with Gasteiger partial charge >= 0.3 is 5.97 Å². The minimum Gasteiger partial charge on any atom is -0.486 e. The van der Waals surface area contributed by atoms with Gasteiger partial charge in [-0.1, -0.05) is 47.5 Å². The number of likely N-dealkylation sites (N-methyl/N-ethyl adjacent to an activating group) is 1. The van der Waals surface area contributed by atoms with Gasteiger partial charge in [-0.05, 0) is 66.7 Å². The van der Waals surface area contributed by atoms with Crippen LogP contribution < -0.4 is 4.74 Å². The molecule has 3 aromatic carbocycles. The molecule has 1 aliphatic rings. The molecule has 4 rings (SSSR count). The molecule has 37 heavy (non-hydrogen) atoms. The first-order valence-electron chi connectivity index (χ1n) is 11.0. The zero-order valence-corrected chi connectivity index (χ0v) is 21.8. The number of aliphatic imine (C=N–C) groups is 1. The molecule has 0 bridgehead atoms. The van der Waals surface area contributed by atoms with E-state index in [1.165, 1.54) is 28.8 Å². The van der Waals surface area contributed by atoms with Gasteiger partial charge in [0.1, 0.15) is 6.61 Å². The lowest BCUT2D eigenvalue weighted by Gasteiger charge is -2.12. The van der Waals surface area contributed by atoms with E-state index in [1.807, 2.05) is 13.0 Å². The normalized spacial score (nSPS) is 15.3. The van der Waals surface area contributed by atoms with Crippen LogP contribution in [-0.2, 0) is 11.4 Å². The van der Waals surface area contributed by atoms with Crippen molar-refractivity contribution in [3.63, 3.8) is 0 Å². The Hall–Kier alpha value is -3.77. The summed E-state index contributed by atoms with van der Waals surface area (Å²) >= 11 is 14.1. The van der Waals surface area contributed by atoms with Crippen LogP contribution in [0.1, 0.15) is 34.0 Å². The van der Waals surface area contributed by atoms with Gasteiger partial charge in [0.05, 0.1) is 37.8 Å². The highest BCUT2D eigenvalue weighted by Crippen LogP contribution is 2.38. The molecule has 10 heteroatoms. The number of thioether (sulfide) groups is 1. The number of amides is 1. The Morgan fingerprint density at radius 1 is 1.16 bits per heavy atom. The second kappa shape index (κ2) is 11.5. The lowest BCUT2D eigenvalue weighted by molar-refractivity contribution is -0.122. The highest BCUT2D eigenvalue weighted by molar-refractivity contribution is 8.18. The highest BCUT2D eigenvalue weighted by Gasteiger charge is 2.32. The van der Waals surface area contributed by atoms with E-state index < -0.39 is 5.97 Å². The lowest BCUT2D eigenvalue weighted by atomic mass is 10.1. The average molecular weight is 552 g/mol. The molecule has 186 valence electrons. The van der Waals surface area contributed by atoms with E-state index in [0.29, 0.717) is 39.0 Å². The molecule has 0 unspecified atom stereocenters. The van der Waals surface area contributed by atoms with Crippen molar-refractivity contribution in [3.8, 4) is 11.8 Å². The third-order valence-corrected chi connectivity index (χ3v) is 6.92. The first-order chi connectivity index (χ1) is 17.8. The van der Waals surface area contributed by atoms with Crippen LogP contribution in [0.25, 0.3) is 6.08 Å². The summed E-state index contributed by atoms with van der Waals surface area (Å²) in [7, 11) is 0. The van der Waals surface area contributed by atoms with Crippen LogP contribution in [0.5, 0.6) is 5.75 Å². The number of carbonyl (C=O) groups is 2. The number of aromatic carboxylic acids is 1. The largest absolute Gasteiger partial charge is 0.486 e. The Morgan fingerprint density at radius 2 is 1.89 bits per heavy atom. The molecule has 1 aliphatic heterocycles.